The summed E-state index contributed by atoms with van der Waals surface area (Å²) in [5.41, 5.74) is 3.16. The van der Waals surface area contributed by atoms with Crippen LogP contribution in [0.2, 0.25) is 0 Å². The van der Waals surface area contributed by atoms with Gasteiger partial charge in [0.15, 0.2) is 0 Å². The van der Waals surface area contributed by atoms with E-state index in [0.717, 1.165) is 28.6 Å². The number of halogens is 4. The van der Waals surface area contributed by atoms with E-state index in [-0.39, 0.29) is 0 Å². The fraction of sp³-hybridized carbons (Fsp3) is 0.0526. The molecule has 0 N–H and O–H groups in total. The number of anilines is 3. The molecule has 0 saturated carbocycles. The first-order chi connectivity index (χ1) is 22.7. The molecule has 0 aromatic heterocycles. The van der Waals surface area contributed by atoms with Crippen LogP contribution in [0.3, 0.4) is 0 Å². The fourth-order valence-electron chi connectivity index (χ4n) is 5.58. The Bertz CT molecular complexity index is 1670. The van der Waals surface area contributed by atoms with Gasteiger partial charge in [-0.05, 0) is 109 Å². The molecule has 238 valence electrons. The molecule has 0 spiro atoms. The van der Waals surface area contributed by atoms with Crippen molar-refractivity contribution in [3.63, 3.8) is 0 Å². The maximum atomic E-state index is 9.75. The summed E-state index contributed by atoms with van der Waals surface area (Å²) in [6, 6.07) is 58.3. The van der Waals surface area contributed by atoms with Crippen molar-refractivity contribution in [2.24, 2.45) is 0 Å². The highest BCUT2D eigenvalue weighted by molar-refractivity contribution is 8.01. The summed E-state index contributed by atoms with van der Waals surface area (Å²) >= 11 is 0. The molecular formula is C38H33BF4NO2P. The van der Waals surface area contributed by atoms with Gasteiger partial charge in [-0.15, -0.1) is 0 Å². The van der Waals surface area contributed by atoms with E-state index >= 15 is 0 Å². The molecule has 9 heteroatoms. The number of rotatable bonds is 9. The van der Waals surface area contributed by atoms with Crippen LogP contribution in [0.15, 0.2) is 164 Å². The maximum Gasteiger partial charge on any atom is 0.673 e. The first kappa shape index (κ1) is 33.3. The van der Waals surface area contributed by atoms with Gasteiger partial charge in [0.05, 0.1) is 14.2 Å². The Morgan fingerprint density at radius 3 is 0.936 bits per heavy atom. The third-order valence-electron chi connectivity index (χ3n) is 7.59. The molecule has 0 fully saturated rings. The quantitative estimate of drug-likeness (QED) is 0.0883. The predicted molar refractivity (Wildman–Crippen MR) is 189 cm³/mol. The van der Waals surface area contributed by atoms with Crippen LogP contribution in [-0.4, -0.2) is 21.5 Å². The van der Waals surface area contributed by atoms with E-state index in [2.05, 4.69) is 144 Å². The number of methoxy groups -OCH3 is 2. The molecule has 0 aliphatic carbocycles. The first-order valence-electron chi connectivity index (χ1n) is 14.9. The van der Waals surface area contributed by atoms with E-state index < -0.39 is 14.5 Å². The molecular weight excluding hydrogens is 620 g/mol. The van der Waals surface area contributed by atoms with Gasteiger partial charge < -0.3 is 31.6 Å². The van der Waals surface area contributed by atoms with E-state index in [1.165, 1.54) is 21.2 Å². The van der Waals surface area contributed by atoms with Crippen LogP contribution in [0.5, 0.6) is 11.5 Å². The monoisotopic (exact) mass is 653 g/mol. The number of benzene rings is 6. The van der Waals surface area contributed by atoms with Crippen LogP contribution < -0.4 is 35.6 Å². The molecule has 0 unspecified atom stereocenters. The lowest BCUT2D eigenvalue weighted by Gasteiger charge is -2.29. The molecule has 3 nitrogen and oxygen atoms in total. The van der Waals surface area contributed by atoms with Crippen molar-refractivity contribution in [2.75, 3.05) is 19.1 Å². The van der Waals surface area contributed by atoms with Crippen molar-refractivity contribution < 1.29 is 26.7 Å². The minimum absolute atomic E-state index is 0.826. The van der Waals surface area contributed by atoms with Crippen molar-refractivity contribution in [1.82, 2.24) is 0 Å². The average Bonchev–Trinajstić information content (AvgIpc) is 3.11. The molecule has 6 aromatic rings. The van der Waals surface area contributed by atoms with Gasteiger partial charge in [0.2, 0.25) is 0 Å². The maximum absolute atomic E-state index is 9.75. The van der Waals surface area contributed by atoms with E-state index in [1.807, 2.05) is 24.3 Å². The average molecular weight is 653 g/mol. The minimum Gasteiger partial charge on any atom is -0.497 e. The van der Waals surface area contributed by atoms with Crippen LogP contribution in [0.25, 0.3) is 0 Å². The van der Waals surface area contributed by atoms with Gasteiger partial charge in [0, 0.05) is 17.1 Å². The zero-order valence-corrected chi connectivity index (χ0v) is 26.8. The predicted octanol–water partition coefficient (Wildman–Crippen LogP) is 9.09. The van der Waals surface area contributed by atoms with Gasteiger partial charge in [0.25, 0.3) is 0 Å². The summed E-state index contributed by atoms with van der Waals surface area (Å²) in [4.78, 5) is 2.26. The van der Waals surface area contributed by atoms with Crippen molar-refractivity contribution >= 4 is 52.8 Å². The summed E-state index contributed by atoms with van der Waals surface area (Å²) in [6.45, 7) is 0. The van der Waals surface area contributed by atoms with Crippen LogP contribution >= 0.6 is 7.26 Å². The number of hydrogen-bond acceptors (Lipinski definition) is 3. The standard InChI is InChI=1S/C38H33NO2P.BF4/c1-40-33-24-18-30(19-25-33)39(31-20-26-34(41-2)27-21-31)32-22-28-38(29-23-32)42(35-12-6-3-7-13-35,36-14-8-4-9-15-36)37-16-10-5-11-17-37;2-1(3,4)5/h3-29H,1-2H3;/q+1;-1. The third kappa shape index (κ3) is 7.85. The normalized spacial score (nSPS) is 11.2. The lowest BCUT2D eigenvalue weighted by atomic mass is 10.2. The van der Waals surface area contributed by atoms with Crippen LogP contribution in [0.4, 0.5) is 34.3 Å². The van der Waals surface area contributed by atoms with Gasteiger partial charge in [-0.3, -0.25) is 0 Å². The third-order valence-corrected chi connectivity index (χ3v) is 11.9. The lowest BCUT2D eigenvalue weighted by molar-refractivity contribution is 0.368. The smallest absolute Gasteiger partial charge is 0.497 e. The Balaban J connectivity index is 0.000000807. The Morgan fingerprint density at radius 2 is 0.660 bits per heavy atom. The van der Waals surface area contributed by atoms with Gasteiger partial charge in [-0.2, -0.15) is 0 Å². The minimum atomic E-state index is -6.00. The van der Waals surface area contributed by atoms with Crippen molar-refractivity contribution in [2.45, 2.75) is 0 Å². The second-order valence-corrected chi connectivity index (χ2v) is 13.8. The van der Waals surface area contributed by atoms with Crippen LogP contribution in [0, 0.1) is 0 Å². The van der Waals surface area contributed by atoms with E-state index in [0.29, 0.717) is 0 Å². The van der Waals surface area contributed by atoms with Crippen LogP contribution in [0.1, 0.15) is 0 Å². The van der Waals surface area contributed by atoms with Gasteiger partial charge >= 0.3 is 7.25 Å². The van der Waals surface area contributed by atoms with Crippen LogP contribution in [-0.2, 0) is 0 Å². The highest BCUT2D eigenvalue weighted by Crippen LogP contribution is 2.54. The topological polar surface area (TPSA) is 21.7 Å². The summed E-state index contributed by atoms with van der Waals surface area (Å²) in [5, 5.41) is 5.30. The summed E-state index contributed by atoms with van der Waals surface area (Å²) in [6.07, 6.45) is 0. The molecule has 6 rings (SSSR count). The van der Waals surface area contributed by atoms with E-state index in [1.54, 1.807) is 14.2 Å². The summed E-state index contributed by atoms with van der Waals surface area (Å²) < 4.78 is 49.9. The molecule has 0 atom stereocenters. The molecule has 0 aliphatic heterocycles. The number of hydrogen-bond donors (Lipinski definition) is 0. The Hall–Kier alpha value is -5.07. The van der Waals surface area contributed by atoms with Gasteiger partial charge in [-0.25, -0.2) is 0 Å². The number of ether oxygens (including phenoxy) is 2. The fourth-order valence-corrected chi connectivity index (χ4v) is 9.83. The van der Waals surface area contributed by atoms with E-state index in [4.69, 9.17) is 9.47 Å². The van der Waals surface area contributed by atoms with Crippen molar-refractivity contribution in [3.8, 4) is 11.5 Å². The van der Waals surface area contributed by atoms with Crippen molar-refractivity contribution in [1.29, 1.82) is 0 Å². The zero-order chi connectivity index (χ0) is 33.3. The SMILES string of the molecule is COc1ccc(N(c2ccc(OC)cc2)c2ccc([P+](c3ccccc3)(c3ccccc3)c3ccccc3)cc2)cc1.F[B-](F)(F)F. The highest BCUT2D eigenvalue weighted by Gasteiger charge is 2.47. The molecule has 47 heavy (non-hydrogen) atoms. The Morgan fingerprint density at radius 1 is 0.404 bits per heavy atom. The van der Waals surface area contributed by atoms with E-state index in [9.17, 15) is 17.3 Å². The molecule has 6 aromatic carbocycles. The summed E-state index contributed by atoms with van der Waals surface area (Å²) in [7, 11) is -4.79. The largest absolute Gasteiger partial charge is 0.673 e. The summed E-state index contributed by atoms with van der Waals surface area (Å²) in [5.74, 6) is 1.65. The Kier molecular flexibility index (Phi) is 10.6. The zero-order valence-electron chi connectivity index (χ0n) is 25.9. The van der Waals surface area contributed by atoms with Gasteiger partial charge in [-0.1, -0.05) is 54.6 Å². The first-order valence-corrected chi connectivity index (χ1v) is 16.6. The molecule has 0 saturated heterocycles. The second kappa shape index (κ2) is 15.0. The van der Waals surface area contributed by atoms with Crippen molar-refractivity contribution in [3.05, 3.63) is 164 Å². The van der Waals surface area contributed by atoms with Gasteiger partial charge in [0.1, 0.15) is 40.0 Å². The number of nitrogens with zero attached hydrogens (tertiary/aromatic N) is 1. The molecule has 0 amide bonds. The molecule has 0 radical (unpaired) electrons. The molecule has 0 aliphatic rings. The second-order valence-electron chi connectivity index (χ2n) is 10.4. The highest BCUT2D eigenvalue weighted by atomic mass is 31.2. The molecule has 0 bridgehead atoms. The molecule has 0 heterocycles. The Labute approximate surface area is 273 Å². The lowest BCUT2D eigenvalue weighted by Crippen LogP contribution is -2.38.